The summed E-state index contributed by atoms with van der Waals surface area (Å²) in [5.41, 5.74) is 3.00. The molecule has 1 saturated heterocycles. The molecule has 2 fully saturated rings. The number of ether oxygens (including phenoxy) is 1. The molecule has 0 unspecified atom stereocenters. The van der Waals surface area contributed by atoms with Crippen molar-refractivity contribution in [1.29, 1.82) is 0 Å². The van der Waals surface area contributed by atoms with Crippen LogP contribution in [0.5, 0.6) is 0 Å². The van der Waals surface area contributed by atoms with E-state index in [1.807, 2.05) is 0 Å². The number of aromatic nitrogens is 1. The summed E-state index contributed by atoms with van der Waals surface area (Å²) >= 11 is 0. The molecule has 1 aromatic rings. The fourth-order valence-corrected chi connectivity index (χ4v) is 4.97. The second-order valence-corrected chi connectivity index (χ2v) is 12.2. The van der Waals surface area contributed by atoms with Crippen LogP contribution in [0.1, 0.15) is 84.9 Å². The Morgan fingerprint density at radius 3 is 2.19 bits per heavy atom. The van der Waals surface area contributed by atoms with E-state index >= 15 is 0 Å². The van der Waals surface area contributed by atoms with Gasteiger partial charge in [-0.25, -0.2) is 0 Å². The van der Waals surface area contributed by atoms with Gasteiger partial charge >= 0.3 is 0 Å². The number of pyridine rings is 1. The molecule has 0 atom stereocenters. The van der Waals surface area contributed by atoms with Crippen LogP contribution in [0.25, 0.3) is 0 Å². The third kappa shape index (κ3) is 9.19. The first-order chi connectivity index (χ1) is 14.6. The smallest absolute Gasteiger partial charge is 0.0602 e. The van der Waals surface area contributed by atoms with E-state index in [0.717, 1.165) is 32.0 Å². The van der Waals surface area contributed by atoms with Crippen LogP contribution in [0.2, 0.25) is 0 Å². The Hall–Kier alpha value is -0.970. The number of piperazine rings is 1. The van der Waals surface area contributed by atoms with Gasteiger partial charge in [0.15, 0.2) is 0 Å². The van der Waals surface area contributed by atoms with Gasteiger partial charge in [-0.05, 0) is 69.4 Å². The molecule has 2 aliphatic rings. The Balaban J connectivity index is 1.27. The molecule has 4 nitrogen and oxygen atoms in total. The molecule has 4 heteroatoms. The average molecular weight is 430 g/mol. The van der Waals surface area contributed by atoms with Crippen LogP contribution in [0.15, 0.2) is 18.3 Å². The van der Waals surface area contributed by atoms with Crippen LogP contribution < -0.4 is 0 Å². The summed E-state index contributed by atoms with van der Waals surface area (Å²) in [6.07, 6.45) is 10.3. The van der Waals surface area contributed by atoms with Crippen molar-refractivity contribution >= 4 is 0 Å². The molecule has 1 aromatic heterocycles. The molecular formula is C27H47N3O. The van der Waals surface area contributed by atoms with Gasteiger partial charge in [0.25, 0.3) is 0 Å². The number of aryl methyl sites for hydroxylation is 1. The third-order valence-corrected chi connectivity index (χ3v) is 6.47. The topological polar surface area (TPSA) is 28.6 Å². The molecule has 3 rings (SSSR count). The van der Waals surface area contributed by atoms with E-state index in [4.69, 9.17) is 9.72 Å². The minimum absolute atomic E-state index is 0.00933. The highest BCUT2D eigenvalue weighted by molar-refractivity contribution is 5.14. The molecule has 0 radical (unpaired) electrons. The Bertz CT molecular complexity index is 645. The van der Waals surface area contributed by atoms with Crippen molar-refractivity contribution in [1.82, 2.24) is 14.8 Å². The van der Waals surface area contributed by atoms with Crippen molar-refractivity contribution in [3.05, 3.63) is 29.6 Å². The summed E-state index contributed by atoms with van der Waals surface area (Å²) in [5.74, 6) is 0.886. The Morgan fingerprint density at radius 2 is 1.61 bits per heavy atom. The van der Waals surface area contributed by atoms with E-state index in [2.05, 4.69) is 69.7 Å². The van der Waals surface area contributed by atoms with E-state index in [-0.39, 0.29) is 5.60 Å². The average Bonchev–Trinajstić information content (AvgIpc) is 2.63. The molecule has 1 saturated carbocycles. The van der Waals surface area contributed by atoms with Gasteiger partial charge in [-0.2, -0.15) is 0 Å². The molecule has 1 aliphatic carbocycles. The van der Waals surface area contributed by atoms with Gasteiger partial charge in [-0.15, -0.1) is 0 Å². The van der Waals surface area contributed by atoms with Crippen molar-refractivity contribution < 1.29 is 4.74 Å². The lowest BCUT2D eigenvalue weighted by atomic mass is 9.78. The van der Waals surface area contributed by atoms with Gasteiger partial charge in [0.2, 0.25) is 0 Å². The molecule has 176 valence electrons. The van der Waals surface area contributed by atoms with E-state index in [9.17, 15) is 0 Å². The van der Waals surface area contributed by atoms with Crippen LogP contribution in [0.4, 0.5) is 0 Å². The van der Waals surface area contributed by atoms with E-state index in [0.29, 0.717) is 11.5 Å². The molecule has 0 bridgehead atoms. The second-order valence-electron chi connectivity index (χ2n) is 12.2. The monoisotopic (exact) mass is 429 g/mol. The van der Waals surface area contributed by atoms with Crippen molar-refractivity contribution in [2.24, 2.45) is 11.3 Å². The maximum absolute atomic E-state index is 6.06. The minimum atomic E-state index is 0.00933. The molecule has 0 aromatic carbocycles. The predicted octanol–water partition coefficient (Wildman–Crippen LogP) is 5.55. The summed E-state index contributed by atoms with van der Waals surface area (Å²) in [6.45, 7) is 20.3. The maximum atomic E-state index is 6.06. The molecule has 0 spiro atoms. The first kappa shape index (κ1) is 24.7. The number of hydrogen-bond acceptors (Lipinski definition) is 4. The highest BCUT2D eigenvalue weighted by atomic mass is 16.5. The number of nitrogens with zero attached hydrogens (tertiary/aromatic N) is 3. The summed E-state index contributed by atoms with van der Waals surface area (Å²) in [5, 5.41) is 0. The van der Waals surface area contributed by atoms with Gasteiger partial charge in [0.05, 0.1) is 17.4 Å². The van der Waals surface area contributed by atoms with Crippen LogP contribution in [-0.2, 0) is 17.7 Å². The quantitative estimate of drug-likeness (QED) is 0.481. The fraction of sp³-hybridized carbons (Fsp3) is 0.815. The molecule has 31 heavy (non-hydrogen) atoms. The van der Waals surface area contributed by atoms with Crippen molar-refractivity contribution in [2.45, 2.75) is 98.3 Å². The third-order valence-electron chi connectivity index (χ3n) is 6.47. The van der Waals surface area contributed by atoms with Crippen LogP contribution >= 0.6 is 0 Å². The zero-order valence-electron chi connectivity index (χ0n) is 21.1. The number of rotatable bonds is 9. The summed E-state index contributed by atoms with van der Waals surface area (Å²) in [4.78, 5) is 9.92. The first-order valence-electron chi connectivity index (χ1n) is 12.6. The molecular weight excluding hydrogens is 382 g/mol. The van der Waals surface area contributed by atoms with Gasteiger partial charge in [-0.1, -0.05) is 39.7 Å². The highest BCUT2D eigenvalue weighted by Gasteiger charge is 2.32. The Labute approximate surface area is 191 Å². The predicted molar refractivity (Wildman–Crippen MR) is 130 cm³/mol. The number of unbranched alkanes of at least 4 members (excludes halogenated alkanes) is 1. The minimum Gasteiger partial charge on any atom is -0.373 e. The van der Waals surface area contributed by atoms with Gasteiger partial charge in [-0.3, -0.25) is 9.88 Å². The summed E-state index contributed by atoms with van der Waals surface area (Å²) in [6, 6.07) is 4.55. The van der Waals surface area contributed by atoms with E-state index in [1.54, 1.807) is 0 Å². The fourth-order valence-electron chi connectivity index (χ4n) is 4.97. The molecule has 1 aliphatic heterocycles. The van der Waals surface area contributed by atoms with Crippen LogP contribution in [0.3, 0.4) is 0 Å². The first-order valence-corrected chi connectivity index (χ1v) is 12.6. The largest absolute Gasteiger partial charge is 0.373 e. The van der Waals surface area contributed by atoms with E-state index in [1.165, 1.54) is 63.0 Å². The van der Waals surface area contributed by atoms with E-state index < -0.39 is 0 Å². The lowest BCUT2D eigenvalue weighted by Crippen LogP contribution is -2.48. The lowest BCUT2D eigenvalue weighted by molar-refractivity contribution is -0.113. The Kier molecular flexibility index (Phi) is 8.57. The van der Waals surface area contributed by atoms with Gasteiger partial charge in [0.1, 0.15) is 0 Å². The second kappa shape index (κ2) is 10.8. The van der Waals surface area contributed by atoms with Crippen LogP contribution in [-0.4, -0.2) is 59.2 Å². The summed E-state index contributed by atoms with van der Waals surface area (Å²) < 4.78 is 6.06. The maximum Gasteiger partial charge on any atom is 0.0602 e. The van der Waals surface area contributed by atoms with Crippen molar-refractivity contribution in [2.75, 3.05) is 32.7 Å². The number of hydrogen-bond donors (Lipinski definition) is 0. The molecule has 2 heterocycles. The zero-order valence-corrected chi connectivity index (χ0v) is 21.1. The SMILES string of the molecule is CC(C)(C)CN1CCN(Cc2ccc(CCCCC3CC(OC(C)(C)C)C3)cn2)CC1. The molecule has 0 N–H and O–H groups in total. The zero-order chi connectivity index (χ0) is 22.5. The summed E-state index contributed by atoms with van der Waals surface area (Å²) in [7, 11) is 0. The Morgan fingerprint density at radius 1 is 0.935 bits per heavy atom. The highest BCUT2D eigenvalue weighted by Crippen LogP contribution is 2.36. The van der Waals surface area contributed by atoms with Crippen molar-refractivity contribution in [3.63, 3.8) is 0 Å². The molecule has 0 amide bonds. The van der Waals surface area contributed by atoms with Gasteiger partial charge in [0, 0.05) is 45.5 Å². The standard InChI is InChI=1S/C27H47N3O/c1-26(2,3)21-30-15-13-29(14-16-30)20-24-12-11-22(19-28-24)9-7-8-10-23-17-25(18-23)31-27(4,5)6/h11-12,19,23,25H,7-10,13-18,20-21H2,1-6H3. The van der Waals surface area contributed by atoms with Crippen LogP contribution in [0, 0.1) is 11.3 Å². The normalized spacial score (nSPS) is 23.7. The lowest BCUT2D eigenvalue weighted by Gasteiger charge is -2.39. The van der Waals surface area contributed by atoms with Gasteiger partial charge < -0.3 is 9.64 Å². The van der Waals surface area contributed by atoms with Crippen molar-refractivity contribution in [3.8, 4) is 0 Å².